The van der Waals surface area contributed by atoms with Crippen LogP contribution in [0, 0.1) is 5.41 Å². The van der Waals surface area contributed by atoms with E-state index in [-0.39, 0.29) is 23.3 Å². The van der Waals surface area contributed by atoms with Crippen molar-refractivity contribution in [3.63, 3.8) is 0 Å². The Morgan fingerprint density at radius 2 is 1.76 bits per heavy atom. The summed E-state index contributed by atoms with van der Waals surface area (Å²) in [5.74, 6) is 2.29. The number of hydrogen-bond acceptors (Lipinski definition) is 5. The van der Waals surface area contributed by atoms with E-state index in [9.17, 15) is 9.59 Å². The number of rotatable bonds is 8. The van der Waals surface area contributed by atoms with Gasteiger partial charge in [-0.05, 0) is 85.2 Å². The predicted molar refractivity (Wildman–Crippen MR) is 141 cm³/mol. The van der Waals surface area contributed by atoms with Gasteiger partial charge in [0.15, 0.2) is 17.3 Å². The maximum Gasteiger partial charge on any atom is 0.289 e. The van der Waals surface area contributed by atoms with Crippen LogP contribution in [0.5, 0.6) is 11.5 Å². The Hall–Kier alpha value is -3.45. The van der Waals surface area contributed by atoms with Gasteiger partial charge >= 0.3 is 0 Å². The number of benzene rings is 2. The number of piperidine rings is 1. The molecular weight excluding hydrogens is 492 g/mol. The summed E-state index contributed by atoms with van der Waals surface area (Å²) in [6.45, 7) is 1.32. The molecule has 1 aliphatic heterocycles. The molecule has 37 heavy (non-hydrogen) atoms. The van der Waals surface area contributed by atoms with Crippen molar-refractivity contribution in [2.45, 2.75) is 38.1 Å². The lowest BCUT2D eigenvalue weighted by Crippen LogP contribution is -2.41. The van der Waals surface area contributed by atoms with Gasteiger partial charge in [0, 0.05) is 36.1 Å². The predicted octanol–water partition coefficient (Wildman–Crippen LogP) is 5.36. The highest BCUT2D eigenvalue weighted by atomic mass is 35.5. The van der Waals surface area contributed by atoms with Crippen LogP contribution in [0.1, 0.15) is 41.8 Å². The minimum atomic E-state index is -0.0915. The van der Waals surface area contributed by atoms with Crippen LogP contribution >= 0.6 is 11.6 Å². The molecule has 1 atom stereocenters. The molecule has 8 heteroatoms. The summed E-state index contributed by atoms with van der Waals surface area (Å²) >= 11 is 5.96. The minimum absolute atomic E-state index is 0.0560. The zero-order valence-corrected chi connectivity index (χ0v) is 21.8. The Kier molecular flexibility index (Phi) is 7.15. The van der Waals surface area contributed by atoms with Gasteiger partial charge in [-0.2, -0.15) is 0 Å². The highest BCUT2D eigenvalue weighted by Crippen LogP contribution is 2.54. The molecule has 1 aromatic heterocycles. The number of halogens is 1. The molecule has 3 aromatic rings. The summed E-state index contributed by atoms with van der Waals surface area (Å²) in [4.78, 5) is 27.5. The molecule has 1 N–H and O–H groups in total. The van der Waals surface area contributed by atoms with Gasteiger partial charge in [-0.1, -0.05) is 17.7 Å². The fourth-order valence-electron chi connectivity index (χ4n) is 5.20. The van der Waals surface area contributed by atoms with Crippen LogP contribution in [0.3, 0.4) is 0 Å². The third-order valence-electron chi connectivity index (χ3n) is 7.61. The Morgan fingerprint density at radius 1 is 1.03 bits per heavy atom. The molecule has 1 aliphatic carbocycles. The molecule has 5 rings (SSSR count). The maximum absolute atomic E-state index is 13.0. The molecule has 7 nitrogen and oxygen atoms in total. The topological polar surface area (TPSA) is 81.0 Å². The van der Waals surface area contributed by atoms with E-state index in [4.69, 9.17) is 25.5 Å². The number of aryl methyl sites for hydroxylation is 1. The van der Waals surface area contributed by atoms with Crippen molar-refractivity contribution >= 4 is 23.4 Å². The van der Waals surface area contributed by atoms with Crippen molar-refractivity contribution < 1.29 is 23.5 Å². The lowest BCUT2D eigenvalue weighted by atomic mass is 9.92. The van der Waals surface area contributed by atoms with Gasteiger partial charge < -0.3 is 24.1 Å². The zero-order valence-electron chi connectivity index (χ0n) is 21.1. The third kappa shape index (κ3) is 5.47. The van der Waals surface area contributed by atoms with Crippen LogP contribution < -0.4 is 14.8 Å². The quantitative estimate of drug-likeness (QED) is 0.430. The van der Waals surface area contributed by atoms with Crippen LogP contribution in [0.15, 0.2) is 59.0 Å². The van der Waals surface area contributed by atoms with Gasteiger partial charge in [0.2, 0.25) is 5.91 Å². The molecule has 1 unspecified atom stereocenters. The summed E-state index contributed by atoms with van der Waals surface area (Å²) < 4.78 is 16.5. The molecule has 1 saturated heterocycles. The summed E-state index contributed by atoms with van der Waals surface area (Å²) in [6, 6.07) is 16.8. The number of amides is 2. The van der Waals surface area contributed by atoms with E-state index in [1.165, 1.54) is 0 Å². The van der Waals surface area contributed by atoms with Gasteiger partial charge in [-0.25, -0.2) is 0 Å². The molecule has 1 saturated carbocycles. The first kappa shape index (κ1) is 25.2. The molecule has 2 heterocycles. The average Bonchev–Trinajstić information content (AvgIpc) is 3.33. The summed E-state index contributed by atoms with van der Waals surface area (Å²) in [6.07, 6.45) is 3.78. The van der Waals surface area contributed by atoms with Crippen LogP contribution in [0.4, 0.5) is 0 Å². The van der Waals surface area contributed by atoms with E-state index >= 15 is 0 Å². The Morgan fingerprint density at radius 3 is 2.46 bits per heavy atom. The van der Waals surface area contributed by atoms with E-state index in [2.05, 4.69) is 5.32 Å². The number of carbonyl (C=O) groups excluding carboxylic acids is 2. The first-order valence-electron chi connectivity index (χ1n) is 12.6. The first-order chi connectivity index (χ1) is 17.9. The van der Waals surface area contributed by atoms with Crippen molar-refractivity contribution in [1.29, 1.82) is 0 Å². The molecule has 0 bridgehead atoms. The number of ether oxygens (including phenoxy) is 2. The van der Waals surface area contributed by atoms with E-state index in [1.807, 2.05) is 41.3 Å². The van der Waals surface area contributed by atoms with Crippen LogP contribution in [0.2, 0.25) is 5.02 Å². The van der Waals surface area contributed by atoms with Gasteiger partial charge in [0.1, 0.15) is 5.76 Å². The monoisotopic (exact) mass is 522 g/mol. The molecule has 2 amide bonds. The summed E-state index contributed by atoms with van der Waals surface area (Å²) in [7, 11) is 3.21. The highest BCUT2D eigenvalue weighted by Gasteiger charge is 2.55. The fraction of sp³-hybridized carbons (Fsp3) is 0.379. The third-order valence-corrected chi connectivity index (χ3v) is 7.86. The molecule has 194 valence electrons. The number of nitrogens with one attached hydrogen (secondary N) is 1. The van der Waals surface area contributed by atoms with Crippen LogP contribution in [-0.2, 0) is 11.2 Å². The van der Waals surface area contributed by atoms with Gasteiger partial charge in [0.05, 0.1) is 14.2 Å². The Bertz CT molecular complexity index is 1280. The van der Waals surface area contributed by atoms with E-state index in [0.29, 0.717) is 54.0 Å². The molecule has 1 spiro atoms. The van der Waals surface area contributed by atoms with Crippen molar-refractivity contribution in [1.82, 2.24) is 10.2 Å². The number of carbonyl (C=O) groups is 2. The standard InChI is InChI=1S/C29H31ClN2O5/c1-35-23-9-3-19(17-25(23)36-2)4-12-27(33)31-26-18-29(26)13-15-32(16-14-29)28(34)24-11-10-22(37-24)20-5-7-21(30)8-6-20/h3,5-11,17,26H,4,12-16,18H2,1-2H3,(H,31,33). The molecule has 2 aromatic carbocycles. The van der Waals surface area contributed by atoms with Crippen molar-refractivity contribution in [2.24, 2.45) is 5.41 Å². The van der Waals surface area contributed by atoms with E-state index in [0.717, 1.165) is 30.4 Å². The normalized spacial score (nSPS) is 17.9. The fourth-order valence-corrected chi connectivity index (χ4v) is 5.32. The van der Waals surface area contributed by atoms with E-state index in [1.54, 1.807) is 32.4 Å². The minimum Gasteiger partial charge on any atom is -0.493 e. The van der Waals surface area contributed by atoms with Crippen molar-refractivity contribution in [3.05, 3.63) is 70.9 Å². The van der Waals surface area contributed by atoms with E-state index < -0.39 is 0 Å². The Labute approximate surface area is 221 Å². The van der Waals surface area contributed by atoms with Crippen LogP contribution in [0.25, 0.3) is 11.3 Å². The van der Waals surface area contributed by atoms with Gasteiger partial charge in [0.25, 0.3) is 5.91 Å². The van der Waals surface area contributed by atoms with Crippen molar-refractivity contribution in [3.8, 4) is 22.8 Å². The second-order valence-corrected chi connectivity index (χ2v) is 10.3. The number of hydrogen-bond donors (Lipinski definition) is 1. The molecule has 2 fully saturated rings. The number of furan rings is 1. The largest absolute Gasteiger partial charge is 0.493 e. The molecule has 2 aliphatic rings. The van der Waals surface area contributed by atoms with Gasteiger partial charge in [-0.15, -0.1) is 0 Å². The molecular formula is C29H31ClN2O5. The maximum atomic E-state index is 13.0. The summed E-state index contributed by atoms with van der Waals surface area (Å²) in [5.41, 5.74) is 2.01. The second kappa shape index (κ2) is 10.5. The smallest absolute Gasteiger partial charge is 0.289 e. The number of likely N-dealkylation sites (tertiary alicyclic amines) is 1. The highest BCUT2D eigenvalue weighted by molar-refractivity contribution is 6.30. The van der Waals surface area contributed by atoms with Crippen LogP contribution in [-0.4, -0.2) is 50.1 Å². The second-order valence-electron chi connectivity index (χ2n) is 9.84. The van der Waals surface area contributed by atoms with Gasteiger partial charge in [-0.3, -0.25) is 9.59 Å². The lowest BCUT2D eigenvalue weighted by molar-refractivity contribution is -0.121. The molecule has 0 radical (unpaired) electrons. The number of methoxy groups -OCH3 is 2. The number of nitrogens with zero attached hydrogens (tertiary/aromatic N) is 1. The zero-order chi connectivity index (χ0) is 26.0. The summed E-state index contributed by atoms with van der Waals surface area (Å²) in [5, 5.41) is 3.86. The average molecular weight is 523 g/mol. The van der Waals surface area contributed by atoms with Crippen molar-refractivity contribution in [2.75, 3.05) is 27.3 Å². The SMILES string of the molecule is COc1ccc(CCC(=O)NC2CC23CCN(C(=O)c2ccc(-c4ccc(Cl)cc4)o2)CC3)cc1OC. The first-order valence-corrected chi connectivity index (χ1v) is 12.9. The Balaban J connectivity index is 1.09. The lowest BCUT2D eigenvalue weighted by Gasteiger charge is -2.32.